The van der Waals surface area contributed by atoms with Crippen LogP contribution in [0.1, 0.15) is 35.3 Å². The zero-order valence-electron chi connectivity index (χ0n) is 14.0. The highest BCUT2D eigenvalue weighted by molar-refractivity contribution is 5.96. The largest absolute Gasteiger partial charge is 0.366 e. The molecule has 1 amide bonds. The monoisotopic (exact) mass is 338 g/mol. The highest BCUT2D eigenvalue weighted by Crippen LogP contribution is 2.22. The van der Waals surface area contributed by atoms with Crippen LogP contribution >= 0.6 is 0 Å². The number of fused-ring (bicyclic) bond motifs is 1. The Bertz CT molecular complexity index is 1070. The molecule has 0 saturated carbocycles. The molecule has 0 aliphatic rings. The lowest BCUT2D eigenvalue weighted by molar-refractivity contribution is 0.0998. The average Bonchev–Trinajstić information content (AvgIpc) is 2.60. The van der Waals surface area contributed by atoms with Crippen molar-refractivity contribution in [3.63, 3.8) is 0 Å². The number of hydrogen-bond donors (Lipinski definition) is 2. The van der Waals surface area contributed by atoms with Crippen molar-refractivity contribution in [3.8, 4) is 5.69 Å². The standard InChI is InChI=1S/C18H18N4O3/c1-3-10-8-12(9-11(4-2)14(10)15(19)23)22-16-13(6-5-7-20-16)17(24)21-18(22)25/h5-9H,3-4H2,1-2H3,(H2,19,23)(H,21,24,25). The van der Waals surface area contributed by atoms with Crippen LogP contribution in [0.5, 0.6) is 0 Å². The lowest BCUT2D eigenvalue weighted by atomic mass is 9.96. The van der Waals surface area contributed by atoms with Gasteiger partial charge in [-0.05, 0) is 48.2 Å². The maximum Gasteiger partial charge on any atom is 0.334 e. The molecule has 0 atom stereocenters. The van der Waals surface area contributed by atoms with Gasteiger partial charge in [-0.25, -0.2) is 14.3 Å². The topological polar surface area (TPSA) is 111 Å². The van der Waals surface area contributed by atoms with Gasteiger partial charge in [0.25, 0.3) is 5.56 Å². The minimum atomic E-state index is -0.577. The van der Waals surface area contributed by atoms with E-state index in [0.29, 0.717) is 29.5 Å². The highest BCUT2D eigenvalue weighted by Gasteiger charge is 2.17. The Balaban J connectivity index is 2.42. The molecule has 0 saturated heterocycles. The normalized spacial score (nSPS) is 11.0. The molecule has 7 heteroatoms. The molecule has 0 aliphatic heterocycles. The van der Waals surface area contributed by atoms with Crippen molar-refractivity contribution < 1.29 is 4.79 Å². The summed E-state index contributed by atoms with van der Waals surface area (Å²) < 4.78 is 1.35. The van der Waals surface area contributed by atoms with E-state index in [1.54, 1.807) is 24.3 Å². The van der Waals surface area contributed by atoms with Gasteiger partial charge in [0.2, 0.25) is 5.91 Å². The summed E-state index contributed by atoms with van der Waals surface area (Å²) in [4.78, 5) is 42.8. The summed E-state index contributed by atoms with van der Waals surface area (Å²) in [5.74, 6) is -0.489. The molecule has 2 heterocycles. The minimum absolute atomic E-state index is 0.271. The van der Waals surface area contributed by atoms with E-state index in [9.17, 15) is 14.4 Å². The number of rotatable bonds is 4. The molecule has 0 fully saturated rings. The van der Waals surface area contributed by atoms with Gasteiger partial charge in [0.1, 0.15) is 0 Å². The van der Waals surface area contributed by atoms with Crippen LogP contribution in [0.2, 0.25) is 0 Å². The molecule has 3 rings (SSSR count). The Morgan fingerprint density at radius 1 is 1.20 bits per heavy atom. The first-order valence-corrected chi connectivity index (χ1v) is 8.04. The molecule has 128 valence electrons. The van der Waals surface area contributed by atoms with E-state index >= 15 is 0 Å². The Hall–Kier alpha value is -3.22. The van der Waals surface area contributed by atoms with Gasteiger partial charge in [-0.1, -0.05) is 13.8 Å². The van der Waals surface area contributed by atoms with Crippen molar-refractivity contribution >= 4 is 16.9 Å². The first-order valence-electron chi connectivity index (χ1n) is 8.04. The molecule has 1 aromatic carbocycles. The number of H-pyrrole nitrogens is 1. The van der Waals surface area contributed by atoms with Gasteiger partial charge in [-0.2, -0.15) is 0 Å². The van der Waals surface area contributed by atoms with Gasteiger partial charge >= 0.3 is 5.69 Å². The predicted molar refractivity (Wildman–Crippen MR) is 95.2 cm³/mol. The number of aromatic nitrogens is 3. The number of carbonyl (C=O) groups excluding carboxylic acids is 1. The van der Waals surface area contributed by atoms with Crippen molar-refractivity contribution in [2.75, 3.05) is 0 Å². The summed E-state index contributed by atoms with van der Waals surface area (Å²) >= 11 is 0. The van der Waals surface area contributed by atoms with E-state index in [1.165, 1.54) is 10.8 Å². The number of benzene rings is 1. The molecule has 3 aromatic rings. The predicted octanol–water partition coefficient (Wildman–Crippen LogP) is 1.30. The van der Waals surface area contributed by atoms with Crippen molar-refractivity contribution in [1.29, 1.82) is 0 Å². The molecule has 0 unspecified atom stereocenters. The number of nitrogens with zero attached hydrogens (tertiary/aromatic N) is 2. The second-order valence-electron chi connectivity index (χ2n) is 5.68. The quantitative estimate of drug-likeness (QED) is 0.747. The van der Waals surface area contributed by atoms with Gasteiger partial charge in [-0.3, -0.25) is 14.6 Å². The number of pyridine rings is 1. The van der Waals surface area contributed by atoms with E-state index in [0.717, 1.165) is 11.1 Å². The Morgan fingerprint density at radius 3 is 2.40 bits per heavy atom. The fourth-order valence-corrected chi connectivity index (χ4v) is 3.06. The number of primary amides is 1. The summed E-state index contributed by atoms with van der Waals surface area (Å²) in [6.07, 6.45) is 2.70. The average molecular weight is 338 g/mol. The number of aryl methyl sites for hydroxylation is 2. The molecule has 3 N–H and O–H groups in total. The molecule has 0 spiro atoms. The summed E-state index contributed by atoms with van der Waals surface area (Å²) in [6.45, 7) is 3.83. The van der Waals surface area contributed by atoms with Crippen LogP contribution in [0.15, 0.2) is 40.1 Å². The molecule has 7 nitrogen and oxygen atoms in total. The molecular formula is C18H18N4O3. The number of nitrogens with two attached hydrogens (primary N) is 1. The third-order valence-electron chi connectivity index (χ3n) is 4.22. The number of hydrogen-bond acceptors (Lipinski definition) is 4. The minimum Gasteiger partial charge on any atom is -0.366 e. The van der Waals surface area contributed by atoms with Crippen LogP contribution < -0.4 is 17.0 Å². The van der Waals surface area contributed by atoms with Crippen LogP contribution in [0.4, 0.5) is 0 Å². The van der Waals surface area contributed by atoms with Crippen molar-refractivity contribution in [3.05, 3.63) is 68.0 Å². The molecule has 25 heavy (non-hydrogen) atoms. The van der Waals surface area contributed by atoms with E-state index in [4.69, 9.17) is 5.73 Å². The van der Waals surface area contributed by atoms with Crippen LogP contribution in [-0.2, 0) is 12.8 Å². The van der Waals surface area contributed by atoms with Crippen molar-refractivity contribution in [2.45, 2.75) is 26.7 Å². The molecule has 0 radical (unpaired) electrons. The smallest absolute Gasteiger partial charge is 0.334 e. The maximum absolute atomic E-state index is 12.4. The lowest BCUT2D eigenvalue weighted by Gasteiger charge is -2.15. The third kappa shape index (κ3) is 2.73. The summed E-state index contributed by atoms with van der Waals surface area (Å²) in [5.41, 5.74) is 7.28. The molecule has 2 aromatic heterocycles. The fraction of sp³-hybridized carbons (Fsp3) is 0.222. The first kappa shape index (κ1) is 16.6. The van der Waals surface area contributed by atoms with Gasteiger partial charge in [-0.15, -0.1) is 0 Å². The molecule has 0 aliphatic carbocycles. The van der Waals surface area contributed by atoms with Crippen LogP contribution in [0, 0.1) is 0 Å². The van der Waals surface area contributed by atoms with Crippen LogP contribution in [0.25, 0.3) is 16.7 Å². The van der Waals surface area contributed by atoms with Crippen molar-refractivity contribution in [1.82, 2.24) is 14.5 Å². The van der Waals surface area contributed by atoms with Gasteiger partial charge in [0, 0.05) is 11.8 Å². The summed E-state index contributed by atoms with van der Waals surface area (Å²) in [5, 5.41) is 0.317. The second-order valence-corrected chi connectivity index (χ2v) is 5.68. The zero-order valence-corrected chi connectivity index (χ0v) is 14.0. The summed E-state index contributed by atoms with van der Waals surface area (Å²) in [6, 6.07) is 6.73. The highest BCUT2D eigenvalue weighted by atomic mass is 16.2. The van der Waals surface area contributed by atoms with Crippen LogP contribution in [-0.4, -0.2) is 20.4 Å². The van der Waals surface area contributed by atoms with E-state index in [1.807, 2.05) is 13.8 Å². The number of aromatic amines is 1. The Morgan fingerprint density at radius 2 is 1.84 bits per heavy atom. The Kier molecular flexibility index (Phi) is 4.22. The Labute approximate surface area is 143 Å². The van der Waals surface area contributed by atoms with E-state index in [2.05, 4.69) is 9.97 Å². The van der Waals surface area contributed by atoms with Gasteiger partial charge in [0.15, 0.2) is 5.65 Å². The summed E-state index contributed by atoms with van der Waals surface area (Å²) in [7, 11) is 0. The third-order valence-corrected chi connectivity index (χ3v) is 4.22. The lowest BCUT2D eigenvalue weighted by Crippen LogP contribution is -2.30. The second kappa shape index (κ2) is 6.35. The van der Waals surface area contributed by atoms with Crippen LogP contribution in [0.3, 0.4) is 0 Å². The van der Waals surface area contributed by atoms with Crippen molar-refractivity contribution in [2.24, 2.45) is 5.73 Å². The van der Waals surface area contributed by atoms with Gasteiger partial charge in [0.05, 0.1) is 11.1 Å². The number of nitrogens with one attached hydrogen (secondary N) is 1. The fourth-order valence-electron chi connectivity index (χ4n) is 3.06. The molecule has 0 bridgehead atoms. The van der Waals surface area contributed by atoms with E-state index < -0.39 is 17.2 Å². The number of carbonyl (C=O) groups is 1. The number of amides is 1. The first-order chi connectivity index (χ1) is 12.0. The SMILES string of the molecule is CCc1cc(-n2c(=O)[nH]c(=O)c3cccnc32)cc(CC)c1C(N)=O. The van der Waals surface area contributed by atoms with E-state index in [-0.39, 0.29) is 5.65 Å². The maximum atomic E-state index is 12.4. The molecular weight excluding hydrogens is 320 g/mol. The zero-order chi connectivity index (χ0) is 18.1. The van der Waals surface area contributed by atoms with Gasteiger partial charge < -0.3 is 5.73 Å².